The Morgan fingerprint density at radius 1 is 1.21 bits per heavy atom. The van der Waals surface area contributed by atoms with E-state index in [0.717, 1.165) is 12.8 Å². The van der Waals surface area contributed by atoms with Crippen molar-refractivity contribution in [1.29, 1.82) is 0 Å². The molecule has 0 bridgehead atoms. The molecule has 0 unspecified atom stereocenters. The minimum Gasteiger partial charge on any atom is -0.122 e. The predicted molar refractivity (Wildman–Crippen MR) is 64.7 cm³/mol. The van der Waals surface area contributed by atoms with Crippen LogP contribution in [-0.4, -0.2) is 5.88 Å². The fourth-order valence-corrected chi connectivity index (χ4v) is 1.94. The summed E-state index contributed by atoms with van der Waals surface area (Å²) in [6, 6.07) is 0. The average molecular weight is 209 g/mol. The normalized spacial score (nSPS) is 22.9. The second-order valence-corrected chi connectivity index (χ2v) is 3.81. The van der Waals surface area contributed by atoms with Gasteiger partial charge in [-0.3, -0.25) is 0 Å². The van der Waals surface area contributed by atoms with Crippen molar-refractivity contribution >= 4 is 11.6 Å². The SMILES string of the molecule is CC1=CCC/C=C\C=C\C(C)=C1CCl. The highest BCUT2D eigenvalue weighted by atomic mass is 35.5. The van der Waals surface area contributed by atoms with Crippen LogP contribution in [0.3, 0.4) is 0 Å². The zero-order valence-corrected chi connectivity index (χ0v) is 9.64. The van der Waals surface area contributed by atoms with Gasteiger partial charge < -0.3 is 0 Å². The maximum absolute atomic E-state index is 5.94. The summed E-state index contributed by atoms with van der Waals surface area (Å²) in [5, 5.41) is 0. The standard InChI is InChI=1S/C13H17Cl/c1-11-8-6-4-3-5-7-9-12(2)13(11)10-14/h3-4,6,8-9H,5,7,10H2,1-2H3/b4-3-,8-6+,12-9?,13-11?. The van der Waals surface area contributed by atoms with Crippen LogP contribution >= 0.6 is 11.6 Å². The first kappa shape index (κ1) is 11.3. The lowest BCUT2D eigenvalue weighted by atomic mass is 10.0. The topological polar surface area (TPSA) is 0 Å². The lowest BCUT2D eigenvalue weighted by Gasteiger charge is -2.08. The molecule has 0 radical (unpaired) electrons. The summed E-state index contributed by atoms with van der Waals surface area (Å²) in [4.78, 5) is 0. The molecule has 1 aliphatic rings. The molecule has 0 saturated heterocycles. The molecule has 0 N–H and O–H groups in total. The van der Waals surface area contributed by atoms with Gasteiger partial charge in [0.15, 0.2) is 0 Å². The molecule has 1 rings (SSSR count). The summed E-state index contributed by atoms with van der Waals surface area (Å²) in [7, 11) is 0. The van der Waals surface area contributed by atoms with Gasteiger partial charge in [0.25, 0.3) is 0 Å². The maximum atomic E-state index is 5.94. The van der Waals surface area contributed by atoms with Crippen molar-refractivity contribution in [1.82, 2.24) is 0 Å². The molecule has 1 aliphatic carbocycles. The lowest BCUT2D eigenvalue weighted by molar-refractivity contribution is 1.03. The molecule has 0 aromatic heterocycles. The molecule has 0 heterocycles. The molecule has 0 saturated carbocycles. The van der Waals surface area contributed by atoms with Crippen molar-refractivity contribution in [2.75, 3.05) is 5.88 Å². The summed E-state index contributed by atoms with van der Waals surface area (Å²) in [5.74, 6) is 0.599. The number of allylic oxidation sites excluding steroid dienone is 8. The monoisotopic (exact) mass is 208 g/mol. The van der Waals surface area contributed by atoms with Crippen LogP contribution in [0.2, 0.25) is 0 Å². The molecule has 0 aromatic rings. The van der Waals surface area contributed by atoms with Gasteiger partial charge in [-0.2, -0.15) is 0 Å². The second kappa shape index (κ2) is 5.87. The Hall–Kier alpha value is -0.750. The molecule has 76 valence electrons. The van der Waals surface area contributed by atoms with Crippen LogP contribution in [0.4, 0.5) is 0 Å². The van der Waals surface area contributed by atoms with E-state index in [4.69, 9.17) is 11.6 Å². The van der Waals surface area contributed by atoms with E-state index in [0.29, 0.717) is 5.88 Å². The first-order valence-corrected chi connectivity index (χ1v) is 5.55. The molecule has 0 amide bonds. The van der Waals surface area contributed by atoms with Crippen LogP contribution in [0.1, 0.15) is 26.7 Å². The van der Waals surface area contributed by atoms with Crippen molar-refractivity contribution in [2.45, 2.75) is 26.7 Å². The van der Waals surface area contributed by atoms with Gasteiger partial charge in [-0.05, 0) is 37.8 Å². The minimum atomic E-state index is 0.599. The Bertz CT molecular complexity index is 303. The van der Waals surface area contributed by atoms with E-state index in [1.54, 1.807) is 0 Å². The molecule has 0 aliphatic heterocycles. The van der Waals surface area contributed by atoms with E-state index in [1.165, 1.54) is 16.7 Å². The van der Waals surface area contributed by atoms with Crippen molar-refractivity contribution in [3.8, 4) is 0 Å². The quantitative estimate of drug-likeness (QED) is 0.561. The van der Waals surface area contributed by atoms with Gasteiger partial charge in [0.1, 0.15) is 0 Å². The maximum Gasteiger partial charge on any atom is 0.0479 e. The molecule has 0 spiro atoms. The third kappa shape index (κ3) is 3.19. The van der Waals surface area contributed by atoms with Crippen LogP contribution in [0.25, 0.3) is 0 Å². The van der Waals surface area contributed by atoms with Gasteiger partial charge in [0, 0.05) is 5.88 Å². The summed E-state index contributed by atoms with van der Waals surface area (Å²) >= 11 is 5.94. The molecular weight excluding hydrogens is 192 g/mol. The highest BCUT2D eigenvalue weighted by Gasteiger charge is 2.01. The van der Waals surface area contributed by atoms with Crippen molar-refractivity contribution in [3.63, 3.8) is 0 Å². The summed E-state index contributed by atoms with van der Waals surface area (Å²) in [6.45, 7) is 4.25. The highest BCUT2D eigenvalue weighted by Crippen LogP contribution is 2.19. The fourth-order valence-electron chi connectivity index (χ4n) is 1.52. The molecule has 0 nitrogen and oxygen atoms in total. The largest absolute Gasteiger partial charge is 0.122 e. The van der Waals surface area contributed by atoms with Crippen LogP contribution in [0, 0.1) is 0 Å². The summed E-state index contributed by atoms with van der Waals surface area (Å²) in [5.41, 5.74) is 3.84. The highest BCUT2D eigenvalue weighted by molar-refractivity contribution is 6.19. The molecule has 0 aromatic carbocycles. The Labute approximate surface area is 91.7 Å². The zero-order chi connectivity index (χ0) is 10.4. The van der Waals surface area contributed by atoms with E-state index in [-0.39, 0.29) is 0 Å². The van der Waals surface area contributed by atoms with Crippen LogP contribution in [0.5, 0.6) is 0 Å². The van der Waals surface area contributed by atoms with Gasteiger partial charge in [-0.1, -0.05) is 36.0 Å². The predicted octanol–water partition coefficient (Wildman–Crippen LogP) is 4.39. The van der Waals surface area contributed by atoms with E-state index < -0.39 is 0 Å². The summed E-state index contributed by atoms with van der Waals surface area (Å²) < 4.78 is 0. The van der Waals surface area contributed by atoms with Gasteiger partial charge in [-0.25, -0.2) is 0 Å². The van der Waals surface area contributed by atoms with Crippen LogP contribution < -0.4 is 0 Å². The Kier molecular flexibility index (Phi) is 4.75. The van der Waals surface area contributed by atoms with Gasteiger partial charge >= 0.3 is 0 Å². The molecule has 0 fully saturated rings. The third-order valence-electron chi connectivity index (χ3n) is 2.46. The van der Waals surface area contributed by atoms with Crippen molar-refractivity contribution in [3.05, 3.63) is 47.1 Å². The van der Waals surface area contributed by atoms with Gasteiger partial charge in [0.2, 0.25) is 0 Å². The molecular formula is C13H17Cl. The van der Waals surface area contributed by atoms with E-state index in [9.17, 15) is 0 Å². The minimum absolute atomic E-state index is 0.599. The van der Waals surface area contributed by atoms with Gasteiger partial charge in [0.05, 0.1) is 0 Å². The number of hydrogen-bond donors (Lipinski definition) is 0. The number of hydrogen-bond acceptors (Lipinski definition) is 0. The van der Waals surface area contributed by atoms with Crippen LogP contribution in [-0.2, 0) is 0 Å². The number of rotatable bonds is 1. The van der Waals surface area contributed by atoms with Gasteiger partial charge in [-0.15, -0.1) is 11.6 Å². The smallest absolute Gasteiger partial charge is 0.0479 e. The lowest BCUT2D eigenvalue weighted by Crippen LogP contribution is -1.92. The van der Waals surface area contributed by atoms with Crippen molar-refractivity contribution in [2.24, 2.45) is 0 Å². The first-order valence-electron chi connectivity index (χ1n) is 5.01. The Morgan fingerprint density at radius 3 is 2.71 bits per heavy atom. The van der Waals surface area contributed by atoms with Crippen molar-refractivity contribution < 1.29 is 0 Å². The first-order chi connectivity index (χ1) is 6.75. The van der Waals surface area contributed by atoms with E-state index >= 15 is 0 Å². The number of halogens is 1. The Balaban J connectivity index is 3.03. The molecule has 1 heteroatoms. The third-order valence-corrected chi connectivity index (χ3v) is 2.73. The van der Waals surface area contributed by atoms with E-state index in [2.05, 4.69) is 44.2 Å². The van der Waals surface area contributed by atoms with E-state index in [1.807, 2.05) is 0 Å². The molecule has 0 atom stereocenters. The second-order valence-electron chi connectivity index (χ2n) is 3.55. The Morgan fingerprint density at radius 2 is 2.00 bits per heavy atom. The zero-order valence-electron chi connectivity index (χ0n) is 8.89. The number of alkyl halides is 1. The fraction of sp³-hybridized carbons (Fsp3) is 0.385. The average Bonchev–Trinajstić information content (AvgIpc) is 2.17. The molecule has 14 heavy (non-hydrogen) atoms. The summed E-state index contributed by atoms with van der Waals surface area (Å²) in [6.07, 6.45) is 13.0. The van der Waals surface area contributed by atoms with Crippen LogP contribution in [0.15, 0.2) is 47.1 Å².